The van der Waals surface area contributed by atoms with E-state index in [1.807, 2.05) is 6.07 Å². The fourth-order valence-corrected chi connectivity index (χ4v) is 2.53. The van der Waals surface area contributed by atoms with Gasteiger partial charge in [-0.25, -0.2) is 8.42 Å². The van der Waals surface area contributed by atoms with Crippen molar-refractivity contribution in [2.75, 3.05) is 18.8 Å². The van der Waals surface area contributed by atoms with Crippen LogP contribution >= 0.6 is 0 Å². The Balaban J connectivity index is 2.76. The van der Waals surface area contributed by atoms with Crippen molar-refractivity contribution in [2.24, 2.45) is 0 Å². The molecule has 0 radical (unpaired) electrons. The zero-order chi connectivity index (χ0) is 12.7. The van der Waals surface area contributed by atoms with E-state index in [-0.39, 0.29) is 10.6 Å². The highest BCUT2D eigenvalue weighted by Gasteiger charge is 2.13. The summed E-state index contributed by atoms with van der Waals surface area (Å²) in [6.07, 6.45) is 1.67. The average Bonchev–Trinajstić information content (AvgIpc) is 2.35. The minimum absolute atomic E-state index is 0.00964. The van der Waals surface area contributed by atoms with E-state index in [0.717, 1.165) is 0 Å². The Hall–Kier alpha value is -1.64. The lowest BCUT2D eigenvalue weighted by Gasteiger charge is -2.05. The van der Waals surface area contributed by atoms with E-state index in [1.54, 1.807) is 18.2 Å². The highest BCUT2D eigenvalue weighted by molar-refractivity contribution is 7.91. The maximum absolute atomic E-state index is 11.9. The van der Waals surface area contributed by atoms with Gasteiger partial charge in [0.1, 0.15) is 0 Å². The van der Waals surface area contributed by atoms with Crippen molar-refractivity contribution in [3.8, 4) is 6.07 Å². The molecule has 17 heavy (non-hydrogen) atoms. The summed E-state index contributed by atoms with van der Waals surface area (Å²) in [7, 11) is -3.32. The molecule has 1 N–H and O–H groups in total. The van der Waals surface area contributed by atoms with Crippen molar-refractivity contribution in [2.45, 2.75) is 4.90 Å². The summed E-state index contributed by atoms with van der Waals surface area (Å²) < 4.78 is 23.8. The van der Waals surface area contributed by atoms with E-state index in [1.165, 1.54) is 12.1 Å². The van der Waals surface area contributed by atoms with Crippen molar-refractivity contribution < 1.29 is 8.42 Å². The molecule has 0 saturated heterocycles. The largest absolute Gasteiger partial charge is 0.312 e. The van der Waals surface area contributed by atoms with Crippen molar-refractivity contribution in [1.82, 2.24) is 5.32 Å². The van der Waals surface area contributed by atoms with Crippen LogP contribution in [0.4, 0.5) is 0 Å². The molecule has 0 fully saturated rings. The lowest BCUT2D eigenvalue weighted by molar-refractivity contribution is 0.592. The van der Waals surface area contributed by atoms with Crippen LogP contribution in [0.1, 0.15) is 5.56 Å². The Bertz CT molecular complexity index is 530. The predicted molar refractivity (Wildman–Crippen MR) is 66.3 cm³/mol. The van der Waals surface area contributed by atoms with E-state index in [4.69, 9.17) is 5.26 Å². The van der Waals surface area contributed by atoms with Crippen LogP contribution in [-0.4, -0.2) is 27.3 Å². The smallest absolute Gasteiger partial charge is 0.179 e. The molecule has 1 rings (SSSR count). The second-order valence-corrected chi connectivity index (χ2v) is 5.56. The number of hydrogen-bond donors (Lipinski definition) is 1. The molecule has 0 heterocycles. The summed E-state index contributed by atoms with van der Waals surface area (Å²) in [6, 6.07) is 7.97. The summed E-state index contributed by atoms with van der Waals surface area (Å²) >= 11 is 0. The first-order valence-corrected chi connectivity index (χ1v) is 6.80. The fraction of sp³-hybridized carbons (Fsp3) is 0.250. The van der Waals surface area contributed by atoms with Gasteiger partial charge in [0.2, 0.25) is 0 Å². The quantitative estimate of drug-likeness (QED) is 0.606. The average molecular weight is 250 g/mol. The third kappa shape index (κ3) is 4.02. The normalized spacial score (nSPS) is 10.8. The van der Waals surface area contributed by atoms with Crippen molar-refractivity contribution in [1.29, 1.82) is 5.26 Å². The fourth-order valence-electron chi connectivity index (χ4n) is 1.29. The zero-order valence-corrected chi connectivity index (χ0v) is 10.2. The molecular formula is C12H14N2O2S. The Morgan fingerprint density at radius 1 is 1.47 bits per heavy atom. The molecule has 0 aromatic heterocycles. The van der Waals surface area contributed by atoms with Gasteiger partial charge in [-0.05, 0) is 18.2 Å². The molecule has 0 bridgehead atoms. The summed E-state index contributed by atoms with van der Waals surface area (Å²) in [6.45, 7) is 4.47. The first kappa shape index (κ1) is 13.4. The topological polar surface area (TPSA) is 70.0 Å². The number of sulfone groups is 1. The first-order chi connectivity index (χ1) is 8.10. The maximum atomic E-state index is 11.9. The molecule has 1 aromatic rings. The Kier molecular flexibility index (Phi) is 4.88. The predicted octanol–water partition coefficient (Wildman–Crippen LogP) is 1.11. The summed E-state index contributed by atoms with van der Waals surface area (Å²) in [5, 5.41) is 11.6. The van der Waals surface area contributed by atoms with Crippen molar-refractivity contribution in [3.63, 3.8) is 0 Å². The summed E-state index contributed by atoms with van der Waals surface area (Å²) in [5.74, 6) is 0.00964. The van der Waals surface area contributed by atoms with Crippen LogP contribution < -0.4 is 5.32 Å². The lowest BCUT2D eigenvalue weighted by atomic mass is 10.2. The number of rotatable bonds is 6. The molecule has 0 aliphatic carbocycles. The van der Waals surface area contributed by atoms with Gasteiger partial charge in [0, 0.05) is 13.1 Å². The lowest BCUT2D eigenvalue weighted by Crippen LogP contribution is -2.23. The van der Waals surface area contributed by atoms with Gasteiger partial charge in [-0.2, -0.15) is 5.26 Å². The molecule has 1 aromatic carbocycles. The third-order valence-electron chi connectivity index (χ3n) is 2.16. The van der Waals surface area contributed by atoms with Crippen LogP contribution in [-0.2, 0) is 9.84 Å². The molecule has 0 spiro atoms. The van der Waals surface area contributed by atoms with Gasteiger partial charge in [-0.3, -0.25) is 0 Å². The van der Waals surface area contributed by atoms with E-state index in [2.05, 4.69) is 11.9 Å². The van der Waals surface area contributed by atoms with Gasteiger partial charge in [-0.1, -0.05) is 12.1 Å². The molecule has 0 aliphatic heterocycles. The molecule has 0 unspecified atom stereocenters. The van der Waals surface area contributed by atoms with Gasteiger partial charge in [-0.15, -0.1) is 6.58 Å². The number of hydrogen-bond acceptors (Lipinski definition) is 4. The van der Waals surface area contributed by atoms with E-state index in [9.17, 15) is 8.42 Å². The van der Waals surface area contributed by atoms with Crippen LogP contribution in [0.25, 0.3) is 0 Å². The number of nitrogens with zero attached hydrogens (tertiary/aromatic N) is 1. The van der Waals surface area contributed by atoms with Crippen LogP contribution in [0.5, 0.6) is 0 Å². The van der Waals surface area contributed by atoms with Crippen LogP contribution in [0.3, 0.4) is 0 Å². The highest BCUT2D eigenvalue weighted by atomic mass is 32.2. The maximum Gasteiger partial charge on any atom is 0.179 e. The van der Waals surface area contributed by atoms with Crippen molar-refractivity contribution >= 4 is 9.84 Å². The SMILES string of the molecule is C=CCNCCS(=O)(=O)c1cccc(C#N)c1. The van der Waals surface area contributed by atoms with Crippen LogP contribution in [0.2, 0.25) is 0 Å². The number of benzene rings is 1. The number of nitriles is 1. The Labute approximate surface area is 101 Å². The van der Waals surface area contributed by atoms with Gasteiger partial charge < -0.3 is 5.32 Å². The minimum Gasteiger partial charge on any atom is -0.312 e. The minimum atomic E-state index is -3.32. The van der Waals surface area contributed by atoms with E-state index < -0.39 is 9.84 Å². The molecule has 0 amide bonds. The monoisotopic (exact) mass is 250 g/mol. The van der Waals surface area contributed by atoms with Gasteiger partial charge in [0.25, 0.3) is 0 Å². The molecule has 0 aliphatic rings. The molecule has 5 heteroatoms. The van der Waals surface area contributed by atoms with Crippen LogP contribution in [0.15, 0.2) is 41.8 Å². The highest BCUT2D eigenvalue weighted by Crippen LogP contribution is 2.12. The van der Waals surface area contributed by atoms with Gasteiger partial charge >= 0.3 is 0 Å². The molecule has 90 valence electrons. The Morgan fingerprint density at radius 2 is 2.24 bits per heavy atom. The molecular weight excluding hydrogens is 236 g/mol. The van der Waals surface area contributed by atoms with Gasteiger partial charge in [0.05, 0.1) is 22.3 Å². The van der Waals surface area contributed by atoms with E-state index >= 15 is 0 Å². The zero-order valence-electron chi connectivity index (χ0n) is 9.39. The van der Waals surface area contributed by atoms with E-state index in [0.29, 0.717) is 18.7 Å². The molecule has 0 atom stereocenters. The first-order valence-electron chi connectivity index (χ1n) is 5.14. The second kappa shape index (κ2) is 6.18. The molecule has 0 saturated carbocycles. The second-order valence-electron chi connectivity index (χ2n) is 3.45. The number of nitrogens with one attached hydrogen (secondary N) is 1. The third-order valence-corrected chi connectivity index (χ3v) is 3.87. The van der Waals surface area contributed by atoms with Gasteiger partial charge in [0.15, 0.2) is 9.84 Å². The standard InChI is InChI=1S/C12H14N2O2S/c1-2-6-14-7-8-17(15,16)12-5-3-4-11(9-12)10-13/h2-5,9,14H,1,6-8H2. The summed E-state index contributed by atoms with van der Waals surface area (Å²) in [4.78, 5) is 0.192. The van der Waals surface area contributed by atoms with Crippen LogP contribution in [0, 0.1) is 11.3 Å². The van der Waals surface area contributed by atoms with Crippen molar-refractivity contribution in [3.05, 3.63) is 42.5 Å². The molecule has 4 nitrogen and oxygen atoms in total. The Morgan fingerprint density at radius 3 is 2.88 bits per heavy atom. The summed E-state index contributed by atoms with van der Waals surface area (Å²) in [5.41, 5.74) is 0.352.